The fourth-order valence-electron chi connectivity index (χ4n) is 2.36. The molecule has 0 bridgehead atoms. The maximum Gasteiger partial charge on any atom is 0.279 e. The van der Waals surface area contributed by atoms with E-state index in [9.17, 15) is 9.50 Å². The van der Waals surface area contributed by atoms with Gasteiger partial charge in [0.2, 0.25) is 0 Å². The van der Waals surface area contributed by atoms with Crippen LogP contribution < -0.4 is 4.74 Å². The number of rotatable bonds is 6. The van der Waals surface area contributed by atoms with E-state index in [2.05, 4.69) is 4.98 Å². The van der Waals surface area contributed by atoms with Crippen molar-refractivity contribution < 1.29 is 14.2 Å². The predicted octanol–water partition coefficient (Wildman–Crippen LogP) is 5.32. The smallest absolute Gasteiger partial charge is 0.279 e. The molecule has 1 unspecified atom stereocenters. The van der Waals surface area contributed by atoms with E-state index in [-0.39, 0.29) is 5.75 Å². The number of nitrogens with zero attached hydrogens (tertiary/aromatic N) is 1. The lowest BCUT2D eigenvalue weighted by molar-refractivity contribution is 0.0473. The summed E-state index contributed by atoms with van der Waals surface area (Å²) >= 11 is 1.39. The van der Waals surface area contributed by atoms with Crippen molar-refractivity contribution in [1.29, 1.82) is 0 Å². The van der Waals surface area contributed by atoms with E-state index < -0.39 is 11.4 Å². The summed E-state index contributed by atoms with van der Waals surface area (Å²) in [5.41, 5.74) is 0.973. The molecule has 1 heterocycles. The molecule has 126 valence electrons. The molecule has 0 saturated heterocycles. The molecule has 0 aliphatic carbocycles. The summed E-state index contributed by atoms with van der Waals surface area (Å²) in [5.74, 6) is -0.247. The van der Waals surface area contributed by atoms with Crippen LogP contribution in [-0.4, -0.2) is 15.7 Å². The van der Waals surface area contributed by atoms with Gasteiger partial charge in [0.25, 0.3) is 5.19 Å². The quantitative estimate of drug-likeness (QED) is 0.657. The molecule has 24 heavy (non-hydrogen) atoms. The zero-order chi connectivity index (χ0) is 17.2. The van der Waals surface area contributed by atoms with E-state index in [1.807, 2.05) is 37.3 Å². The summed E-state index contributed by atoms with van der Waals surface area (Å²) in [6.45, 7) is 3.74. The number of benzene rings is 2. The number of thiazole rings is 1. The van der Waals surface area contributed by atoms with Crippen LogP contribution >= 0.6 is 11.3 Å². The Morgan fingerprint density at radius 3 is 2.75 bits per heavy atom. The van der Waals surface area contributed by atoms with Crippen LogP contribution in [-0.2, 0) is 6.42 Å². The molecular formula is C19H20FNO2S. The first kappa shape index (κ1) is 16.9. The topological polar surface area (TPSA) is 42.4 Å². The molecule has 0 aliphatic rings. The molecule has 0 radical (unpaired) electrons. The highest BCUT2D eigenvalue weighted by atomic mass is 32.1. The van der Waals surface area contributed by atoms with E-state index in [1.54, 1.807) is 13.0 Å². The van der Waals surface area contributed by atoms with Crippen molar-refractivity contribution in [3.05, 3.63) is 53.8 Å². The molecule has 3 aromatic rings. The van der Waals surface area contributed by atoms with Gasteiger partial charge in [-0.05, 0) is 56.0 Å². The van der Waals surface area contributed by atoms with Gasteiger partial charge in [0.1, 0.15) is 0 Å². The Morgan fingerprint density at radius 2 is 2.04 bits per heavy atom. The second-order valence-electron chi connectivity index (χ2n) is 6.16. The summed E-state index contributed by atoms with van der Waals surface area (Å²) in [4.78, 5) is 4.35. The van der Waals surface area contributed by atoms with E-state index >= 15 is 0 Å². The van der Waals surface area contributed by atoms with Crippen molar-refractivity contribution in [2.45, 2.75) is 38.7 Å². The van der Waals surface area contributed by atoms with Gasteiger partial charge < -0.3 is 9.84 Å². The lowest BCUT2D eigenvalue weighted by atomic mass is 9.94. The molecule has 3 rings (SSSR count). The lowest BCUT2D eigenvalue weighted by Crippen LogP contribution is -2.23. The number of aliphatic hydroxyl groups is 1. The number of aromatic nitrogens is 1. The Labute approximate surface area is 144 Å². The average molecular weight is 345 g/mol. The summed E-state index contributed by atoms with van der Waals surface area (Å²) < 4.78 is 20.9. The molecule has 3 nitrogen and oxygen atoms in total. The van der Waals surface area contributed by atoms with Crippen LogP contribution in [0.3, 0.4) is 0 Å². The van der Waals surface area contributed by atoms with Crippen LogP contribution in [0.5, 0.6) is 10.9 Å². The van der Waals surface area contributed by atoms with Crippen molar-refractivity contribution in [1.82, 2.24) is 4.98 Å². The molecule has 0 spiro atoms. The molecule has 2 aromatic carbocycles. The van der Waals surface area contributed by atoms with Crippen LogP contribution in [0.2, 0.25) is 0 Å². The Bertz CT molecular complexity index is 811. The average Bonchev–Trinajstić information content (AvgIpc) is 2.98. The fraction of sp³-hybridized carbons (Fsp3) is 0.316. The van der Waals surface area contributed by atoms with Crippen molar-refractivity contribution in [2.75, 3.05) is 0 Å². The summed E-state index contributed by atoms with van der Waals surface area (Å²) in [7, 11) is 0. The zero-order valence-electron chi connectivity index (χ0n) is 13.8. The minimum Gasteiger partial charge on any atom is -0.428 e. The van der Waals surface area contributed by atoms with Gasteiger partial charge in [-0.3, -0.25) is 0 Å². The molecule has 0 aliphatic heterocycles. The van der Waals surface area contributed by atoms with Crippen LogP contribution in [0.4, 0.5) is 4.39 Å². The van der Waals surface area contributed by atoms with Crippen molar-refractivity contribution in [3.63, 3.8) is 0 Å². The standard InChI is InChI=1S/C19H20FNO2S/c1-3-19(2,22)11-10-13-8-9-16(14(20)12-13)23-18-21-15-6-4-5-7-17(15)24-18/h4-9,12,22H,3,10-11H2,1-2H3. The molecular weight excluding hydrogens is 325 g/mol. The van der Waals surface area contributed by atoms with E-state index in [1.165, 1.54) is 17.4 Å². The van der Waals surface area contributed by atoms with Gasteiger partial charge in [-0.25, -0.2) is 9.37 Å². The number of fused-ring (bicyclic) bond motifs is 1. The highest BCUT2D eigenvalue weighted by Crippen LogP contribution is 2.32. The third-order valence-electron chi connectivity index (χ3n) is 4.18. The Morgan fingerprint density at radius 1 is 1.25 bits per heavy atom. The van der Waals surface area contributed by atoms with Gasteiger partial charge in [-0.2, -0.15) is 0 Å². The number of ether oxygens (including phenoxy) is 1. The predicted molar refractivity (Wildman–Crippen MR) is 95.3 cm³/mol. The van der Waals surface area contributed by atoms with E-state index in [0.29, 0.717) is 24.5 Å². The highest BCUT2D eigenvalue weighted by molar-refractivity contribution is 7.20. The summed E-state index contributed by atoms with van der Waals surface area (Å²) in [6, 6.07) is 12.6. The van der Waals surface area contributed by atoms with Crippen LogP contribution in [0, 0.1) is 5.82 Å². The van der Waals surface area contributed by atoms with Gasteiger partial charge in [-0.15, -0.1) is 0 Å². The number of hydrogen-bond donors (Lipinski definition) is 1. The van der Waals surface area contributed by atoms with Crippen molar-refractivity contribution in [2.24, 2.45) is 0 Å². The molecule has 1 N–H and O–H groups in total. The van der Waals surface area contributed by atoms with Gasteiger partial charge >= 0.3 is 0 Å². The largest absolute Gasteiger partial charge is 0.428 e. The van der Waals surface area contributed by atoms with Crippen LogP contribution in [0.25, 0.3) is 10.2 Å². The van der Waals surface area contributed by atoms with E-state index in [0.717, 1.165) is 15.8 Å². The second kappa shape index (κ2) is 6.87. The summed E-state index contributed by atoms with van der Waals surface area (Å²) in [5, 5.41) is 10.5. The summed E-state index contributed by atoms with van der Waals surface area (Å²) in [6.07, 6.45) is 1.90. The fourth-order valence-corrected chi connectivity index (χ4v) is 3.19. The highest BCUT2D eigenvalue weighted by Gasteiger charge is 2.17. The Hall–Kier alpha value is -1.98. The zero-order valence-corrected chi connectivity index (χ0v) is 14.6. The first-order chi connectivity index (χ1) is 11.5. The number of hydrogen-bond acceptors (Lipinski definition) is 4. The molecule has 5 heteroatoms. The van der Waals surface area contributed by atoms with Crippen LogP contribution in [0.1, 0.15) is 32.3 Å². The van der Waals surface area contributed by atoms with Crippen molar-refractivity contribution in [3.8, 4) is 10.9 Å². The van der Waals surface area contributed by atoms with Gasteiger partial charge in [-0.1, -0.05) is 36.5 Å². The van der Waals surface area contributed by atoms with Gasteiger partial charge in [0, 0.05) is 0 Å². The minimum atomic E-state index is -0.716. The van der Waals surface area contributed by atoms with E-state index in [4.69, 9.17) is 4.74 Å². The lowest BCUT2D eigenvalue weighted by Gasteiger charge is -2.21. The SMILES string of the molecule is CCC(C)(O)CCc1ccc(Oc2nc3ccccc3s2)c(F)c1. The van der Waals surface area contributed by atoms with Crippen molar-refractivity contribution >= 4 is 21.6 Å². The van der Waals surface area contributed by atoms with Gasteiger partial charge in [0.05, 0.1) is 15.8 Å². The monoisotopic (exact) mass is 345 g/mol. The second-order valence-corrected chi connectivity index (χ2v) is 7.16. The molecule has 1 aromatic heterocycles. The molecule has 0 saturated carbocycles. The normalized spacial score (nSPS) is 13.8. The first-order valence-electron chi connectivity index (χ1n) is 8.01. The Balaban J connectivity index is 1.72. The van der Waals surface area contributed by atoms with Crippen LogP contribution in [0.15, 0.2) is 42.5 Å². The minimum absolute atomic E-state index is 0.167. The number of halogens is 1. The molecule has 0 amide bonds. The third-order valence-corrected chi connectivity index (χ3v) is 5.10. The molecule has 0 fully saturated rings. The third kappa shape index (κ3) is 3.91. The van der Waals surface area contributed by atoms with Gasteiger partial charge in [0.15, 0.2) is 11.6 Å². The maximum atomic E-state index is 14.3. The Kier molecular flexibility index (Phi) is 4.83. The first-order valence-corrected chi connectivity index (χ1v) is 8.83. The molecule has 1 atom stereocenters. The number of aryl methyl sites for hydroxylation is 1. The number of para-hydroxylation sites is 1. The maximum absolute atomic E-state index is 14.3.